The first kappa shape index (κ1) is 11.2. The van der Waals surface area contributed by atoms with Crippen molar-refractivity contribution in [2.24, 2.45) is 0 Å². The normalized spacial score (nSPS) is 10.1. The Labute approximate surface area is 105 Å². The van der Waals surface area contributed by atoms with Gasteiger partial charge in [0.25, 0.3) is 5.91 Å². The molecule has 0 unspecified atom stereocenters. The zero-order valence-corrected chi connectivity index (χ0v) is 10.2. The minimum absolute atomic E-state index is 0.201. The molecule has 16 heavy (non-hydrogen) atoms. The quantitative estimate of drug-likeness (QED) is 0.866. The molecule has 1 N–H and O–H groups in total. The summed E-state index contributed by atoms with van der Waals surface area (Å²) >= 11 is 8.91. The second kappa shape index (κ2) is 4.67. The van der Waals surface area contributed by atoms with E-state index in [1.807, 2.05) is 0 Å². The molecule has 0 bridgehead atoms. The van der Waals surface area contributed by atoms with E-state index in [2.05, 4.69) is 26.2 Å². The van der Waals surface area contributed by atoms with Gasteiger partial charge in [-0.15, -0.1) is 0 Å². The molecule has 0 aliphatic heterocycles. The number of carbonyl (C=O) groups is 1. The average Bonchev–Trinajstić information content (AvgIpc) is 2.68. The SMILES string of the molecule is O=C(Nc1cccnc1Cl)c1ccc(Br)o1. The fourth-order valence-electron chi connectivity index (χ4n) is 1.10. The maximum Gasteiger partial charge on any atom is 0.291 e. The molecule has 2 rings (SSSR count). The summed E-state index contributed by atoms with van der Waals surface area (Å²) in [5, 5.41) is 2.83. The van der Waals surface area contributed by atoms with Gasteiger partial charge < -0.3 is 9.73 Å². The molecule has 82 valence electrons. The highest BCUT2D eigenvalue weighted by Gasteiger charge is 2.12. The third-order valence-electron chi connectivity index (χ3n) is 1.80. The van der Waals surface area contributed by atoms with Crippen LogP contribution in [-0.4, -0.2) is 10.9 Å². The maximum atomic E-state index is 11.7. The number of hydrogen-bond donors (Lipinski definition) is 1. The van der Waals surface area contributed by atoms with Gasteiger partial charge in [-0.3, -0.25) is 4.79 Å². The van der Waals surface area contributed by atoms with Gasteiger partial charge in [0.05, 0.1) is 5.69 Å². The standard InChI is InChI=1S/C10H6BrClN2O2/c11-8-4-3-7(16-8)10(15)14-6-2-1-5-13-9(6)12/h1-5H,(H,14,15). The summed E-state index contributed by atoms with van der Waals surface area (Å²) in [6.45, 7) is 0. The van der Waals surface area contributed by atoms with Crippen LogP contribution in [0.4, 0.5) is 5.69 Å². The molecule has 0 aliphatic rings. The number of amides is 1. The van der Waals surface area contributed by atoms with Crippen LogP contribution >= 0.6 is 27.5 Å². The van der Waals surface area contributed by atoms with E-state index in [1.54, 1.807) is 30.5 Å². The number of carbonyl (C=O) groups excluding carboxylic acids is 1. The Morgan fingerprint density at radius 2 is 2.25 bits per heavy atom. The first-order chi connectivity index (χ1) is 7.66. The van der Waals surface area contributed by atoms with Gasteiger partial charge in [-0.05, 0) is 40.2 Å². The van der Waals surface area contributed by atoms with Gasteiger partial charge in [0.2, 0.25) is 0 Å². The molecule has 0 saturated heterocycles. The lowest BCUT2D eigenvalue weighted by Gasteiger charge is -2.03. The molecule has 0 aromatic carbocycles. The van der Waals surface area contributed by atoms with E-state index >= 15 is 0 Å². The van der Waals surface area contributed by atoms with Crippen molar-refractivity contribution in [2.45, 2.75) is 0 Å². The smallest absolute Gasteiger partial charge is 0.291 e. The number of halogens is 2. The molecule has 0 radical (unpaired) electrons. The van der Waals surface area contributed by atoms with Crippen LogP contribution in [0.25, 0.3) is 0 Å². The summed E-state index contributed by atoms with van der Waals surface area (Å²) in [6, 6.07) is 6.54. The van der Waals surface area contributed by atoms with Crippen LogP contribution in [0.2, 0.25) is 5.15 Å². The van der Waals surface area contributed by atoms with Gasteiger partial charge in [0.15, 0.2) is 15.6 Å². The van der Waals surface area contributed by atoms with Crippen LogP contribution in [0, 0.1) is 0 Å². The van der Waals surface area contributed by atoms with Crippen molar-refractivity contribution in [3.05, 3.63) is 46.0 Å². The van der Waals surface area contributed by atoms with Crippen LogP contribution < -0.4 is 5.32 Å². The van der Waals surface area contributed by atoms with Gasteiger partial charge >= 0.3 is 0 Å². The molecule has 2 heterocycles. The first-order valence-electron chi connectivity index (χ1n) is 4.34. The van der Waals surface area contributed by atoms with Gasteiger partial charge in [-0.2, -0.15) is 0 Å². The lowest BCUT2D eigenvalue weighted by Crippen LogP contribution is -2.11. The van der Waals surface area contributed by atoms with Gasteiger partial charge in [-0.25, -0.2) is 4.98 Å². The van der Waals surface area contributed by atoms with Crippen LogP contribution in [0.15, 0.2) is 39.5 Å². The number of hydrogen-bond acceptors (Lipinski definition) is 3. The summed E-state index contributed by atoms with van der Waals surface area (Å²) in [6.07, 6.45) is 1.54. The molecule has 1 amide bonds. The van der Waals surface area contributed by atoms with E-state index in [9.17, 15) is 4.79 Å². The minimum atomic E-state index is -0.374. The van der Waals surface area contributed by atoms with E-state index in [0.717, 1.165) is 0 Å². The summed E-state index contributed by atoms with van der Waals surface area (Å²) < 4.78 is 5.59. The van der Waals surface area contributed by atoms with E-state index in [-0.39, 0.29) is 16.8 Å². The lowest BCUT2D eigenvalue weighted by atomic mass is 10.4. The van der Waals surface area contributed by atoms with Crippen LogP contribution in [0.3, 0.4) is 0 Å². The molecule has 0 fully saturated rings. The lowest BCUT2D eigenvalue weighted by molar-refractivity contribution is 0.0995. The zero-order chi connectivity index (χ0) is 11.5. The first-order valence-corrected chi connectivity index (χ1v) is 5.51. The number of furan rings is 1. The average molecular weight is 302 g/mol. The Morgan fingerprint density at radius 1 is 1.44 bits per heavy atom. The maximum absolute atomic E-state index is 11.7. The van der Waals surface area contributed by atoms with E-state index in [4.69, 9.17) is 16.0 Å². The molecule has 0 spiro atoms. The van der Waals surface area contributed by atoms with Crippen LogP contribution in [0.1, 0.15) is 10.6 Å². The molecule has 6 heteroatoms. The predicted octanol–water partition coefficient (Wildman–Crippen LogP) is 3.34. The summed E-state index contributed by atoms with van der Waals surface area (Å²) in [4.78, 5) is 15.5. The molecule has 0 aliphatic carbocycles. The number of nitrogens with zero attached hydrogens (tertiary/aromatic N) is 1. The third-order valence-corrected chi connectivity index (χ3v) is 2.53. The van der Waals surface area contributed by atoms with Gasteiger partial charge in [-0.1, -0.05) is 11.6 Å². The molecular formula is C10H6BrClN2O2. The Kier molecular flexibility index (Phi) is 3.26. The fraction of sp³-hybridized carbons (Fsp3) is 0. The second-order valence-electron chi connectivity index (χ2n) is 2.90. The van der Waals surface area contributed by atoms with Gasteiger partial charge in [0, 0.05) is 6.20 Å². The van der Waals surface area contributed by atoms with Crippen LogP contribution in [0.5, 0.6) is 0 Å². The highest BCUT2D eigenvalue weighted by molar-refractivity contribution is 9.10. The van der Waals surface area contributed by atoms with E-state index < -0.39 is 0 Å². The van der Waals surface area contributed by atoms with Crippen LogP contribution in [-0.2, 0) is 0 Å². The highest BCUT2D eigenvalue weighted by Crippen LogP contribution is 2.20. The van der Waals surface area contributed by atoms with Crippen molar-refractivity contribution < 1.29 is 9.21 Å². The van der Waals surface area contributed by atoms with Crippen molar-refractivity contribution in [3.8, 4) is 0 Å². The topological polar surface area (TPSA) is 55.1 Å². The van der Waals surface area contributed by atoms with E-state index in [0.29, 0.717) is 10.4 Å². The third kappa shape index (κ3) is 2.43. The van der Waals surface area contributed by atoms with Crippen molar-refractivity contribution in [1.29, 1.82) is 0 Å². The molecular weight excluding hydrogens is 295 g/mol. The number of pyridine rings is 1. The van der Waals surface area contributed by atoms with Crippen molar-refractivity contribution in [1.82, 2.24) is 4.98 Å². The minimum Gasteiger partial charge on any atom is -0.444 e. The molecule has 2 aromatic heterocycles. The Hall–Kier alpha value is -1.33. The van der Waals surface area contributed by atoms with Crippen molar-refractivity contribution in [2.75, 3.05) is 5.32 Å². The molecule has 0 saturated carbocycles. The molecule has 4 nitrogen and oxygen atoms in total. The largest absolute Gasteiger partial charge is 0.444 e. The number of anilines is 1. The number of nitrogens with one attached hydrogen (secondary N) is 1. The summed E-state index contributed by atoms with van der Waals surface area (Å²) in [5.41, 5.74) is 0.446. The predicted molar refractivity (Wildman–Crippen MR) is 63.6 cm³/mol. The Morgan fingerprint density at radius 3 is 2.88 bits per heavy atom. The fourth-order valence-corrected chi connectivity index (χ4v) is 1.57. The summed E-state index contributed by atoms with van der Waals surface area (Å²) in [7, 11) is 0. The molecule has 0 atom stereocenters. The Balaban J connectivity index is 2.17. The second-order valence-corrected chi connectivity index (χ2v) is 4.04. The monoisotopic (exact) mass is 300 g/mol. The number of rotatable bonds is 2. The van der Waals surface area contributed by atoms with Crippen molar-refractivity contribution in [3.63, 3.8) is 0 Å². The van der Waals surface area contributed by atoms with E-state index in [1.165, 1.54) is 0 Å². The number of aromatic nitrogens is 1. The summed E-state index contributed by atoms with van der Waals surface area (Å²) in [5.74, 6) is -0.174. The highest BCUT2D eigenvalue weighted by atomic mass is 79.9. The van der Waals surface area contributed by atoms with Gasteiger partial charge in [0.1, 0.15) is 0 Å². The van der Waals surface area contributed by atoms with Crippen molar-refractivity contribution >= 4 is 39.1 Å². The molecule has 2 aromatic rings. The Bertz CT molecular complexity index is 527. The zero-order valence-electron chi connectivity index (χ0n) is 7.91.